The lowest BCUT2D eigenvalue weighted by molar-refractivity contribution is 0.654. The Bertz CT molecular complexity index is 2800. The molecule has 9 aromatic rings. The van der Waals surface area contributed by atoms with Crippen molar-refractivity contribution in [3.8, 4) is 22.6 Å². The number of para-hydroxylation sites is 1. The van der Waals surface area contributed by atoms with Crippen molar-refractivity contribution in [3.05, 3.63) is 164 Å². The maximum Gasteiger partial charge on any atom is 0.228 e. The molecule has 0 atom stereocenters. The van der Waals surface area contributed by atoms with Crippen LogP contribution in [-0.4, -0.2) is 15.0 Å². The van der Waals surface area contributed by atoms with E-state index in [1.807, 2.05) is 48.5 Å². The van der Waals surface area contributed by atoms with Crippen LogP contribution >= 0.6 is 11.3 Å². The van der Waals surface area contributed by atoms with E-state index in [1.165, 1.54) is 20.2 Å². The molecule has 0 unspecified atom stereocenters. The second-order valence-electron chi connectivity index (χ2n) is 12.1. The predicted octanol–water partition coefficient (Wildman–Crippen LogP) is 12.3. The van der Waals surface area contributed by atoms with E-state index in [0.717, 1.165) is 66.5 Å². The van der Waals surface area contributed by atoms with E-state index in [2.05, 4.69) is 111 Å². The summed E-state index contributed by atoms with van der Waals surface area (Å²) in [6.07, 6.45) is 6.02. The van der Waals surface area contributed by atoms with Crippen LogP contribution in [0, 0.1) is 0 Å². The number of nitrogens with zero attached hydrogens (tertiary/aromatic N) is 3. The van der Waals surface area contributed by atoms with Crippen LogP contribution in [-0.2, 0) is 0 Å². The van der Waals surface area contributed by atoms with Crippen molar-refractivity contribution in [2.75, 3.05) is 0 Å². The molecule has 5 aromatic carbocycles. The van der Waals surface area contributed by atoms with Crippen LogP contribution in [0.3, 0.4) is 0 Å². The third kappa shape index (κ3) is 4.95. The van der Waals surface area contributed by atoms with Crippen LogP contribution in [0.2, 0.25) is 0 Å². The lowest BCUT2D eigenvalue weighted by Gasteiger charge is -2.10. The van der Waals surface area contributed by atoms with Gasteiger partial charge in [-0.2, -0.15) is 0 Å². The Hall–Kier alpha value is -6.17. The van der Waals surface area contributed by atoms with Crippen molar-refractivity contribution in [1.29, 1.82) is 0 Å². The molecule has 4 heterocycles. The van der Waals surface area contributed by atoms with Gasteiger partial charge in [0.25, 0.3) is 0 Å². The molecule has 4 aromatic heterocycles. The van der Waals surface area contributed by atoms with Gasteiger partial charge in [0.2, 0.25) is 5.71 Å². The second-order valence-corrected chi connectivity index (χ2v) is 13.1. The Morgan fingerprint density at radius 3 is 2.22 bits per heavy atom. The Kier molecular flexibility index (Phi) is 6.99. The highest BCUT2D eigenvalue weighted by Crippen LogP contribution is 2.40. The quantitative estimate of drug-likeness (QED) is 0.169. The van der Waals surface area contributed by atoms with E-state index >= 15 is 0 Å². The molecule has 0 bridgehead atoms. The van der Waals surface area contributed by atoms with Crippen LogP contribution in [0.5, 0.6) is 0 Å². The molecule has 4 nitrogen and oxygen atoms in total. The molecule has 232 valence electrons. The van der Waals surface area contributed by atoms with Crippen molar-refractivity contribution >= 4 is 75.5 Å². The van der Waals surface area contributed by atoms with Crippen molar-refractivity contribution in [1.82, 2.24) is 15.0 Å². The molecule has 5 heteroatoms. The first-order valence-corrected chi connectivity index (χ1v) is 17.0. The first-order chi connectivity index (χ1) is 24.2. The maximum atomic E-state index is 6.25. The molecule has 9 rings (SSSR count). The summed E-state index contributed by atoms with van der Waals surface area (Å²) in [4.78, 5) is 15.4. The third-order valence-electron chi connectivity index (χ3n) is 9.09. The highest BCUT2D eigenvalue weighted by Gasteiger charge is 2.17. The fourth-order valence-corrected chi connectivity index (χ4v) is 7.87. The zero-order chi connectivity index (χ0) is 32.9. The zero-order valence-electron chi connectivity index (χ0n) is 26.7. The SMILES string of the molecule is C=C/C(=C\C=C(/C)c1cc(-c2ccccc2)nc(-c2cccc3c2sc2ccccc23)n1)c1nc2oc3ccccc3c2c2ccccc12. The summed E-state index contributed by atoms with van der Waals surface area (Å²) in [6, 6.07) is 43.8. The van der Waals surface area contributed by atoms with E-state index < -0.39 is 0 Å². The highest BCUT2D eigenvalue weighted by molar-refractivity contribution is 7.26. The van der Waals surface area contributed by atoms with Gasteiger partial charge in [-0.3, -0.25) is 0 Å². The van der Waals surface area contributed by atoms with Crippen LogP contribution in [0.4, 0.5) is 0 Å². The average molecular weight is 648 g/mol. The molecule has 0 saturated heterocycles. The summed E-state index contributed by atoms with van der Waals surface area (Å²) in [7, 11) is 0. The summed E-state index contributed by atoms with van der Waals surface area (Å²) in [6.45, 7) is 6.27. The Labute approximate surface area is 287 Å². The number of fused-ring (bicyclic) bond motifs is 8. The predicted molar refractivity (Wildman–Crippen MR) is 207 cm³/mol. The van der Waals surface area contributed by atoms with Gasteiger partial charge in [0.05, 0.1) is 22.5 Å². The number of hydrogen-bond acceptors (Lipinski definition) is 5. The van der Waals surface area contributed by atoms with Crippen molar-refractivity contribution in [3.63, 3.8) is 0 Å². The van der Waals surface area contributed by atoms with Gasteiger partial charge in [-0.25, -0.2) is 15.0 Å². The molecule has 0 saturated carbocycles. The molecule has 0 N–H and O–H groups in total. The van der Waals surface area contributed by atoms with Gasteiger partial charge in [-0.1, -0.05) is 128 Å². The monoisotopic (exact) mass is 647 g/mol. The minimum atomic E-state index is 0.617. The second kappa shape index (κ2) is 11.8. The standard InChI is InChI=1S/C44H29N3OS/c1-3-28(41-32-18-8-7-17-31(32)40-34-19-9-11-22-38(34)48-44(40)47-41)25-24-27(2)36-26-37(29-14-5-4-6-15-29)46-43(45-36)35-21-13-20-33-30-16-10-12-23-39(30)49-42(33)35/h3-26H,1H2,2H3/b27-24+,28-25+. The van der Waals surface area contributed by atoms with Gasteiger partial charge in [0.1, 0.15) is 5.58 Å². The van der Waals surface area contributed by atoms with E-state index in [-0.39, 0.29) is 0 Å². The molecular weight excluding hydrogens is 619 g/mol. The summed E-state index contributed by atoms with van der Waals surface area (Å²) in [5.41, 5.74) is 7.96. The van der Waals surface area contributed by atoms with Crippen LogP contribution in [0.25, 0.3) is 86.8 Å². The first kappa shape index (κ1) is 29.0. The molecule has 0 aliphatic carbocycles. The molecule has 0 aliphatic heterocycles. The van der Waals surface area contributed by atoms with Crippen LogP contribution in [0.1, 0.15) is 18.3 Å². The van der Waals surface area contributed by atoms with E-state index in [0.29, 0.717) is 11.5 Å². The Morgan fingerprint density at radius 2 is 1.39 bits per heavy atom. The number of aromatic nitrogens is 3. The summed E-state index contributed by atoms with van der Waals surface area (Å²) >= 11 is 1.79. The summed E-state index contributed by atoms with van der Waals surface area (Å²) in [5, 5.41) is 6.72. The third-order valence-corrected chi connectivity index (χ3v) is 10.3. The van der Waals surface area contributed by atoms with E-state index in [9.17, 15) is 0 Å². The Balaban J connectivity index is 1.20. The van der Waals surface area contributed by atoms with Gasteiger partial charge in [-0.15, -0.1) is 11.3 Å². The highest BCUT2D eigenvalue weighted by atomic mass is 32.1. The van der Waals surface area contributed by atoms with Gasteiger partial charge < -0.3 is 4.42 Å². The Morgan fingerprint density at radius 1 is 0.673 bits per heavy atom. The largest absolute Gasteiger partial charge is 0.438 e. The molecular formula is C44H29N3OS. The molecule has 0 amide bonds. The lowest BCUT2D eigenvalue weighted by atomic mass is 10.00. The fraction of sp³-hybridized carbons (Fsp3) is 0.0227. The number of furan rings is 1. The lowest BCUT2D eigenvalue weighted by Crippen LogP contribution is -1.97. The van der Waals surface area contributed by atoms with Gasteiger partial charge in [0.15, 0.2) is 5.82 Å². The van der Waals surface area contributed by atoms with Crippen molar-refractivity contribution in [2.24, 2.45) is 0 Å². The fourth-order valence-electron chi connectivity index (χ4n) is 6.65. The minimum absolute atomic E-state index is 0.617. The maximum absolute atomic E-state index is 6.25. The van der Waals surface area contributed by atoms with E-state index in [4.69, 9.17) is 19.4 Å². The smallest absolute Gasteiger partial charge is 0.228 e. The molecule has 49 heavy (non-hydrogen) atoms. The number of hydrogen-bond donors (Lipinski definition) is 0. The normalized spacial score (nSPS) is 12.5. The summed E-state index contributed by atoms with van der Waals surface area (Å²) < 4.78 is 8.69. The topological polar surface area (TPSA) is 51.8 Å². The summed E-state index contributed by atoms with van der Waals surface area (Å²) in [5.74, 6) is 0.706. The molecule has 0 aliphatic rings. The first-order valence-electron chi connectivity index (χ1n) is 16.2. The van der Waals surface area contributed by atoms with Crippen molar-refractivity contribution in [2.45, 2.75) is 6.92 Å². The van der Waals surface area contributed by atoms with E-state index in [1.54, 1.807) is 11.3 Å². The number of thiophene rings is 1. The van der Waals surface area contributed by atoms with Gasteiger partial charge in [0, 0.05) is 47.6 Å². The van der Waals surface area contributed by atoms with Gasteiger partial charge in [-0.05, 0) is 42.1 Å². The zero-order valence-corrected chi connectivity index (χ0v) is 27.5. The average Bonchev–Trinajstić information content (AvgIpc) is 3.74. The van der Waals surface area contributed by atoms with Gasteiger partial charge >= 0.3 is 0 Å². The van der Waals surface area contributed by atoms with Crippen LogP contribution in [0.15, 0.2) is 157 Å². The number of allylic oxidation sites excluding steroid dienone is 5. The minimum Gasteiger partial charge on any atom is -0.438 e. The number of pyridine rings is 1. The molecule has 0 radical (unpaired) electrons. The van der Waals surface area contributed by atoms with Crippen LogP contribution < -0.4 is 0 Å². The number of benzene rings is 5. The number of rotatable bonds is 6. The van der Waals surface area contributed by atoms with Crippen molar-refractivity contribution < 1.29 is 4.42 Å². The molecule has 0 fully saturated rings. The molecule has 0 spiro atoms.